The lowest BCUT2D eigenvalue weighted by atomic mass is 9.94. The summed E-state index contributed by atoms with van der Waals surface area (Å²) in [6.07, 6.45) is 0.554. The number of ketones is 1. The van der Waals surface area contributed by atoms with Crippen LogP contribution < -0.4 is 4.18 Å². The maximum atomic E-state index is 12.9. The molecule has 4 rings (SSSR count). The quantitative estimate of drug-likeness (QED) is 0.706. The minimum absolute atomic E-state index is 0.00466. The fourth-order valence-corrected chi connectivity index (χ4v) is 4.39. The van der Waals surface area contributed by atoms with E-state index in [4.69, 9.17) is 4.18 Å². The lowest BCUT2D eigenvalue weighted by Gasteiger charge is -2.33. The molecule has 132 valence electrons. The van der Waals surface area contributed by atoms with Crippen LogP contribution in [0.25, 0.3) is 10.8 Å². The van der Waals surface area contributed by atoms with E-state index < -0.39 is 17.3 Å². The summed E-state index contributed by atoms with van der Waals surface area (Å²) in [6, 6.07) is 21.1. The van der Waals surface area contributed by atoms with E-state index >= 15 is 0 Å². The number of hydrogen-bond acceptors (Lipinski definition) is 3. The summed E-state index contributed by atoms with van der Waals surface area (Å²) in [5.74, 6) is 0.526. The topological polar surface area (TPSA) is 46.6 Å². The second-order valence-electron chi connectivity index (χ2n) is 6.48. The molecule has 0 amide bonds. The van der Waals surface area contributed by atoms with Crippen LogP contribution in [0.3, 0.4) is 0 Å². The molecular formula is C21H19NO3S. The van der Waals surface area contributed by atoms with Gasteiger partial charge >= 0.3 is 0 Å². The van der Waals surface area contributed by atoms with Gasteiger partial charge in [0, 0.05) is 6.54 Å². The van der Waals surface area contributed by atoms with Gasteiger partial charge < -0.3 is 4.18 Å². The number of rotatable bonds is 4. The van der Waals surface area contributed by atoms with E-state index in [1.165, 1.54) is 0 Å². The van der Waals surface area contributed by atoms with Gasteiger partial charge in [-0.1, -0.05) is 54.6 Å². The summed E-state index contributed by atoms with van der Waals surface area (Å²) in [5, 5.41) is 2.12. The lowest BCUT2D eigenvalue weighted by molar-refractivity contribution is -0.120. The van der Waals surface area contributed by atoms with Gasteiger partial charge in [0.1, 0.15) is 11.5 Å². The molecular weight excluding hydrogens is 346 g/mol. The van der Waals surface area contributed by atoms with Crippen LogP contribution in [-0.2, 0) is 29.0 Å². The molecule has 0 bridgehead atoms. The molecule has 4 nitrogen and oxygen atoms in total. The monoisotopic (exact) mass is 365 g/mol. The predicted molar refractivity (Wildman–Crippen MR) is 103 cm³/mol. The molecule has 0 aliphatic carbocycles. The highest BCUT2D eigenvalue weighted by Crippen LogP contribution is 2.27. The van der Waals surface area contributed by atoms with Crippen molar-refractivity contribution >= 4 is 27.8 Å². The number of nitrogens with zero attached hydrogens (tertiary/aromatic N) is 1. The van der Waals surface area contributed by atoms with Crippen LogP contribution in [0.2, 0.25) is 0 Å². The van der Waals surface area contributed by atoms with Gasteiger partial charge in [-0.05, 0) is 47.4 Å². The molecule has 0 saturated carbocycles. The zero-order valence-electron chi connectivity index (χ0n) is 14.4. The van der Waals surface area contributed by atoms with Crippen LogP contribution in [0, 0.1) is 0 Å². The van der Waals surface area contributed by atoms with Crippen molar-refractivity contribution in [3.8, 4) is 5.75 Å². The second-order valence-corrected chi connectivity index (χ2v) is 7.55. The maximum Gasteiger partial charge on any atom is 0.291 e. The smallest absolute Gasteiger partial charge is 0.291 e. The van der Waals surface area contributed by atoms with Gasteiger partial charge in [-0.2, -0.15) is 8.51 Å². The standard InChI is InChI=1S/C21H19NO3S/c1-15(23)21-13-18-8-4-5-9-19(18)14-22(21)26(24)25-20-11-10-16-6-2-3-7-17(16)12-20/h2-12,21H,13-14H2,1H3. The number of carbonyl (C=O) groups excluding carboxylic acids is 1. The lowest BCUT2D eigenvalue weighted by Crippen LogP contribution is -2.46. The van der Waals surface area contributed by atoms with Crippen molar-refractivity contribution in [3.05, 3.63) is 77.9 Å². The van der Waals surface area contributed by atoms with E-state index in [-0.39, 0.29) is 5.78 Å². The Morgan fingerprint density at radius 3 is 2.46 bits per heavy atom. The van der Waals surface area contributed by atoms with Crippen LogP contribution in [0.1, 0.15) is 18.1 Å². The van der Waals surface area contributed by atoms with Crippen molar-refractivity contribution in [2.75, 3.05) is 0 Å². The molecule has 5 heteroatoms. The molecule has 0 radical (unpaired) electrons. The minimum Gasteiger partial charge on any atom is -0.389 e. The fourth-order valence-electron chi connectivity index (χ4n) is 3.35. The molecule has 0 spiro atoms. The molecule has 0 aromatic heterocycles. The summed E-state index contributed by atoms with van der Waals surface area (Å²) in [5.41, 5.74) is 2.21. The molecule has 1 aliphatic heterocycles. The number of hydrogen-bond donors (Lipinski definition) is 0. The van der Waals surface area contributed by atoms with Gasteiger partial charge in [-0.15, -0.1) is 0 Å². The molecule has 0 N–H and O–H groups in total. The number of benzene rings is 3. The molecule has 1 heterocycles. The third-order valence-corrected chi connectivity index (χ3v) is 5.86. The molecule has 2 atom stereocenters. The number of fused-ring (bicyclic) bond motifs is 2. The highest BCUT2D eigenvalue weighted by atomic mass is 32.2. The summed E-state index contributed by atoms with van der Waals surface area (Å²) < 4.78 is 20.2. The summed E-state index contributed by atoms with van der Waals surface area (Å²) in [7, 11) is 0. The minimum atomic E-state index is -1.75. The Balaban J connectivity index is 1.60. The van der Waals surface area contributed by atoms with Crippen LogP contribution in [0.5, 0.6) is 5.75 Å². The van der Waals surface area contributed by atoms with Crippen molar-refractivity contribution in [1.82, 2.24) is 4.31 Å². The number of carbonyl (C=O) groups is 1. The van der Waals surface area contributed by atoms with E-state index in [1.807, 2.05) is 60.7 Å². The first-order valence-electron chi connectivity index (χ1n) is 8.55. The van der Waals surface area contributed by atoms with Crippen molar-refractivity contribution in [3.63, 3.8) is 0 Å². The normalized spacial score (nSPS) is 18.3. The first kappa shape index (κ1) is 16.9. The average molecular weight is 365 g/mol. The molecule has 2 unspecified atom stereocenters. The highest BCUT2D eigenvalue weighted by molar-refractivity contribution is 7.78. The van der Waals surface area contributed by atoms with Crippen LogP contribution >= 0.6 is 0 Å². The Hall–Kier alpha value is -2.50. The van der Waals surface area contributed by atoms with Crippen molar-refractivity contribution in [2.24, 2.45) is 0 Å². The number of Topliss-reactive ketones (excluding diaryl/α,β-unsaturated/α-hetero) is 1. The van der Waals surface area contributed by atoms with Crippen LogP contribution in [0.15, 0.2) is 66.7 Å². The predicted octanol–water partition coefficient (Wildman–Crippen LogP) is 3.81. The van der Waals surface area contributed by atoms with E-state index in [0.29, 0.717) is 18.7 Å². The molecule has 0 fully saturated rings. The Bertz CT molecular complexity index is 1000. The molecule has 0 saturated heterocycles. The fraction of sp³-hybridized carbons (Fsp3) is 0.190. The molecule has 26 heavy (non-hydrogen) atoms. The third-order valence-electron chi connectivity index (χ3n) is 4.75. The zero-order chi connectivity index (χ0) is 18.1. The van der Waals surface area contributed by atoms with Gasteiger partial charge in [0.25, 0.3) is 11.3 Å². The summed E-state index contributed by atoms with van der Waals surface area (Å²) in [4.78, 5) is 12.1. The van der Waals surface area contributed by atoms with Crippen molar-refractivity contribution in [2.45, 2.75) is 25.9 Å². The van der Waals surface area contributed by atoms with Gasteiger partial charge in [-0.3, -0.25) is 4.79 Å². The van der Waals surface area contributed by atoms with Crippen molar-refractivity contribution in [1.29, 1.82) is 0 Å². The first-order chi connectivity index (χ1) is 12.6. The van der Waals surface area contributed by atoms with E-state index in [0.717, 1.165) is 21.9 Å². The second kappa shape index (κ2) is 7.02. The SMILES string of the molecule is CC(=O)C1Cc2ccccc2CN1S(=O)Oc1ccc2ccccc2c1. The van der Waals surface area contributed by atoms with Gasteiger partial charge in [0.05, 0.1) is 6.04 Å². The van der Waals surface area contributed by atoms with Crippen LogP contribution in [-0.4, -0.2) is 20.3 Å². The van der Waals surface area contributed by atoms with E-state index in [1.54, 1.807) is 17.3 Å². The van der Waals surface area contributed by atoms with Gasteiger partial charge in [-0.25, -0.2) is 0 Å². The average Bonchev–Trinajstić information content (AvgIpc) is 2.66. The highest BCUT2D eigenvalue weighted by Gasteiger charge is 2.34. The molecule has 1 aliphatic rings. The Labute approximate surface area is 155 Å². The van der Waals surface area contributed by atoms with Gasteiger partial charge in [0.2, 0.25) is 0 Å². The van der Waals surface area contributed by atoms with Crippen LogP contribution in [0.4, 0.5) is 0 Å². The van der Waals surface area contributed by atoms with E-state index in [2.05, 4.69) is 0 Å². The largest absolute Gasteiger partial charge is 0.389 e. The Morgan fingerprint density at radius 2 is 1.69 bits per heavy atom. The zero-order valence-corrected chi connectivity index (χ0v) is 15.2. The Morgan fingerprint density at radius 1 is 1.00 bits per heavy atom. The third kappa shape index (κ3) is 3.28. The van der Waals surface area contributed by atoms with Crippen molar-refractivity contribution < 1.29 is 13.2 Å². The van der Waals surface area contributed by atoms with E-state index in [9.17, 15) is 9.00 Å². The Kier molecular flexibility index (Phi) is 4.57. The summed E-state index contributed by atoms with van der Waals surface area (Å²) in [6.45, 7) is 1.97. The molecule has 3 aromatic rings. The molecule has 3 aromatic carbocycles. The first-order valence-corrected chi connectivity index (χ1v) is 9.58. The van der Waals surface area contributed by atoms with Gasteiger partial charge in [0.15, 0.2) is 0 Å². The summed E-state index contributed by atoms with van der Waals surface area (Å²) >= 11 is -1.75. The maximum absolute atomic E-state index is 12.9.